The van der Waals surface area contributed by atoms with Crippen molar-refractivity contribution in [3.63, 3.8) is 0 Å². The van der Waals surface area contributed by atoms with Gasteiger partial charge in [0, 0.05) is 17.9 Å². The van der Waals surface area contributed by atoms with Gasteiger partial charge in [0.1, 0.15) is 0 Å². The number of hydrogen-bond donors (Lipinski definition) is 1. The van der Waals surface area contributed by atoms with Crippen molar-refractivity contribution < 1.29 is 17.4 Å². The fraction of sp³-hybridized carbons (Fsp3) is 0.875. The van der Waals surface area contributed by atoms with Crippen LogP contribution in [0.15, 0.2) is 0 Å². The molecule has 1 aliphatic carbocycles. The summed E-state index contributed by atoms with van der Waals surface area (Å²) >= 11 is 0. The van der Waals surface area contributed by atoms with Gasteiger partial charge < -0.3 is 5.32 Å². The Hall–Kier alpha value is -0.620. The lowest BCUT2D eigenvalue weighted by molar-refractivity contribution is -0.119. The third kappa shape index (κ3) is 1.90. The standard InChI is InChI=1S/C8H13NO4S/c1-14(11,12)13-5-6-4-7(10)9-8(6)2-3-8/h6H,2-5H2,1H3,(H,9,10). The van der Waals surface area contributed by atoms with E-state index in [0.29, 0.717) is 6.42 Å². The van der Waals surface area contributed by atoms with Crippen molar-refractivity contribution in [1.82, 2.24) is 5.32 Å². The number of rotatable bonds is 3. The second-order valence-corrected chi connectivity index (χ2v) is 5.74. The molecule has 6 heteroatoms. The highest BCUT2D eigenvalue weighted by molar-refractivity contribution is 7.85. The first-order valence-corrected chi connectivity index (χ1v) is 6.38. The average molecular weight is 219 g/mol. The number of amides is 1. The van der Waals surface area contributed by atoms with E-state index in [1.165, 1.54) is 0 Å². The van der Waals surface area contributed by atoms with E-state index >= 15 is 0 Å². The first kappa shape index (κ1) is 9.92. The van der Waals surface area contributed by atoms with E-state index in [1.54, 1.807) is 0 Å². The number of carbonyl (C=O) groups excluding carboxylic acids is 1. The molecule has 2 aliphatic rings. The summed E-state index contributed by atoms with van der Waals surface area (Å²) in [7, 11) is -3.39. The van der Waals surface area contributed by atoms with Gasteiger partial charge in [-0.15, -0.1) is 0 Å². The van der Waals surface area contributed by atoms with Gasteiger partial charge in [-0.05, 0) is 12.8 Å². The lowest BCUT2D eigenvalue weighted by atomic mass is 10.00. The molecule has 1 saturated heterocycles. The molecule has 14 heavy (non-hydrogen) atoms. The van der Waals surface area contributed by atoms with Crippen LogP contribution in [0.1, 0.15) is 19.3 Å². The van der Waals surface area contributed by atoms with E-state index in [4.69, 9.17) is 4.18 Å². The van der Waals surface area contributed by atoms with Gasteiger partial charge in [0.05, 0.1) is 12.9 Å². The molecule has 1 aliphatic heterocycles. The van der Waals surface area contributed by atoms with Crippen LogP contribution in [0.25, 0.3) is 0 Å². The van der Waals surface area contributed by atoms with Crippen molar-refractivity contribution in [2.75, 3.05) is 12.9 Å². The Morgan fingerprint density at radius 2 is 2.21 bits per heavy atom. The van der Waals surface area contributed by atoms with E-state index in [-0.39, 0.29) is 24.0 Å². The molecule has 0 aromatic carbocycles. The summed E-state index contributed by atoms with van der Waals surface area (Å²) in [6.07, 6.45) is 3.29. The van der Waals surface area contributed by atoms with Crippen molar-refractivity contribution in [3.8, 4) is 0 Å². The molecule has 1 amide bonds. The lowest BCUT2D eigenvalue weighted by Gasteiger charge is -2.16. The maximum atomic E-state index is 11.1. The summed E-state index contributed by atoms with van der Waals surface area (Å²) in [6, 6.07) is 0. The van der Waals surface area contributed by atoms with Gasteiger partial charge in [0.2, 0.25) is 5.91 Å². The highest BCUT2D eigenvalue weighted by Gasteiger charge is 2.55. The molecule has 0 radical (unpaired) electrons. The summed E-state index contributed by atoms with van der Waals surface area (Å²) in [6.45, 7) is 0.123. The molecule has 80 valence electrons. The summed E-state index contributed by atoms with van der Waals surface area (Å²) in [4.78, 5) is 11.1. The zero-order valence-electron chi connectivity index (χ0n) is 7.95. The monoisotopic (exact) mass is 219 g/mol. The molecule has 1 spiro atoms. The molecule has 1 unspecified atom stereocenters. The Morgan fingerprint density at radius 3 is 2.71 bits per heavy atom. The first-order chi connectivity index (χ1) is 6.41. The molecule has 1 saturated carbocycles. The minimum atomic E-state index is -3.39. The summed E-state index contributed by atoms with van der Waals surface area (Å²) in [5.41, 5.74) is -0.137. The SMILES string of the molecule is CS(=O)(=O)OCC1CC(=O)NC12CC2. The third-order valence-corrected chi connectivity index (χ3v) is 3.44. The van der Waals surface area contributed by atoms with Gasteiger partial charge in [0.15, 0.2) is 0 Å². The molecule has 1 N–H and O–H groups in total. The van der Waals surface area contributed by atoms with Crippen LogP contribution in [-0.2, 0) is 19.1 Å². The zero-order valence-corrected chi connectivity index (χ0v) is 8.76. The van der Waals surface area contributed by atoms with Crippen LogP contribution in [0.3, 0.4) is 0 Å². The minimum absolute atomic E-state index is 0.00426. The van der Waals surface area contributed by atoms with Crippen LogP contribution in [0, 0.1) is 5.92 Å². The zero-order chi connectivity index (χ0) is 10.4. The molecular weight excluding hydrogens is 206 g/mol. The molecule has 1 heterocycles. The largest absolute Gasteiger partial charge is 0.350 e. The molecular formula is C8H13NO4S. The number of carbonyl (C=O) groups is 1. The van der Waals surface area contributed by atoms with Gasteiger partial charge in [-0.2, -0.15) is 8.42 Å². The Morgan fingerprint density at radius 1 is 1.57 bits per heavy atom. The summed E-state index contributed by atoms with van der Waals surface area (Å²) in [5.74, 6) is 0.0225. The maximum absolute atomic E-state index is 11.1. The summed E-state index contributed by atoms with van der Waals surface area (Å²) < 4.78 is 26.3. The number of hydrogen-bond acceptors (Lipinski definition) is 4. The second-order valence-electron chi connectivity index (χ2n) is 4.09. The maximum Gasteiger partial charge on any atom is 0.264 e. The minimum Gasteiger partial charge on any atom is -0.350 e. The van der Waals surface area contributed by atoms with Gasteiger partial charge in [-0.3, -0.25) is 8.98 Å². The fourth-order valence-corrected chi connectivity index (χ4v) is 2.35. The van der Waals surface area contributed by atoms with Crippen LogP contribution in [0.4, 0.5) is 0 Å². The topological polar surface area (TPSA) is 72.5 Å². The van der Waals surface area contributed by atoms with Gasteiger partial charge in [-0.25, -0.2) is 0 Å². The van der Waals surface area contributed by atoms with E-state index in [1.807, 2.05) is 0 Å². The van der Waals surface area contributed by atoms with Crippen molar-refractivity contribution in [3.05, 3.63) is 0 Å². The van der Waals surface area contributed by atoms with Crippen LogP contribution < -0.4 is 5.32 Å². The Balaban J connectivity index is 1.96. The van der Waals surface area contributed by atoms with E-state index < -0.39 is 10.1 Å². The van der Waals surface area contributed by atoms with Crippen molar-refractivity contribution in [1.29, 1.82) is 0 Å². The van der Waals surface area contributed by atoms with Crippen LogP contribution in [-0.4, -0.2) is 32.7 Å². The molecule has 0 aromatic rings. The molecule has 2 fully saturated rings. The molecule has 2 rings (SSSR count). The highest BCUT2D eigenvalue weighted by Crippen LogP contribution is 2.47. The Bertz CT molecular complexity index is 358. The average Bonchev–Trinajstić information content (AvgIpc) is 2.68. The molecule has 1 atom stereocenters. The molecule has 0 bridgehead atoms. The summed E-state index contributed by atoms with van der Waals surface area (Å²) in [5, 5.41) is 2.88. The van der Waals surface area contributed by atoms with Crippen LogP contribution >= 0.6 is 0 Å². The fourth-order valence-electron chi connectivity index (χ4n) is 1.94. The van der Waals surface area contributed by atoms with Gasteiger partial charge in [0.25, 0.3) is 10.1 Å². The van der Waals surface area contributed by atoms with Gasteiger partial charge >= 0.3 is 0 Å². The third-order valence-electron chi connectivity index (χ3n) is 2.87. The molecule has 0 aromatic heterocycles. The quantitative estimate of drug-likeness (QED) is 0.657. The van der Waals surface area contributed by atoms with Crippen molar-refractivity contribution >= 4 is 16.0 Å². The van der Waals surface area contributed by atoms with Crippen molar-refractivity contribution in [2.45, 2.75) is 24.8 Å². The van der Waals surface area contributed by atoms with E-state index in [0.717, 1.165) is 19.1 Å². The second kappa shape index (κ2) is 2.93. The van der Waals surface area contributed by atoms with Crippen molar-refractivity contribution in [2.24, 2.45) is 5.92 Å². The molecule has 5 nitrogen and oxygen atoms in total. The Kier molecular flexibility index (Phi) is 2.08. The van der Waals surface area contributed by atoms with Crippen LogP contribution in [0.2, 0.25) is 0 Å². The lowest BCUT2D eigenvalue weighted by Crippen LogP contribution is -2.33. The van der Waals surface area contributed by atoms with E-state index in [2.05, 4.69) is 5.32 Å². The van der Waals surface area contributed by atoms with Gasteiger partial charge in [-0.1, -0.05) is 0 Å². The Labute approximate surface area is 82.9 Å². The predicted octanol–water partition coefficient (Wildman–Crippen LogP) is -0.369. The van der Waals surface area contributed by atoms with E-state index in [9.17, 15) is 13.2 Å². The predicted molar refractivity (Wildman–Crippen MR) is 49.0 cm³/mol. The highest BCUT2D eigenvalue weighted by atomic mass is 32.2. The first-order valence-electron chi connectivity index (χ1n) is 4.57. The number of nitrogens with one attached hydrogen (secondary N) is 1. The normalized spacial score (nSPS) is 29.2. The van der Waals surface area contributed by atoms with Crippen LogP contribution in [0.5, 0.6) is 0 Å². The smallest absolute Gasteiger partial charge is 0.264 e.